The van der Waals surface area contributed by atoms with Crippen molar-refractivity contribution in [3.05, 3.63) is 35.4 Å². The Kier molecular flexibility index (Phi) is 3.43. The summed E-state index contributed by atoms with van der Waals surface area (Å²) in [6.07, 6.45) is -3.68. The minimum Gasteiger partial charge on any atom is -0.166 e. The molecular formula is C10H10ClF3. The highest BCUT2D eigenvalue weighted by Gasteiger charge is 2.29. The smallest absolute Gasteiger partial charge is 0.166 e. The summed E-state index contributed by atoms with van der Waals surface area (Å²) in [6, 6.07) is 5.08. The monoisotopic (exact) mass is 222 g/mol. The zero-order valence-electron chi connectivity index (χ0n) is 7.61. The molecule has 0 heterocycles. The first-order chi connectivity index (χ1) is 6.39. The summed E-state index contributed by atoms with van der Waals surface area (Å²) >= 11 is 5.72. The zero-order chi connectivity index (χ0) is 10.8. The van der Waals surface area contributed by atoms with Gasteiger partial charge in [-0.1, -0.05) is 12.1 Å². The molecule has 78 valence electrons. The van der Waals surface area contributed by atoms with Crippen molar-refractivity contribution in [1.29, 1.82) is 0 Å². The lowest BCUT2D eigenvalue weighted by molar-refractivity contribution is -0.137. The Morgan fingerprint density at radius 3 is 2.07 bits per heavy atom. The topological polar surface area (TPSA) is 0 Å². The molecule has 0 N–H and O–H groups in total. The number of hydrogen-bond acceptors (Lipinski definition) is 0. The summed E-state index contributed by atoms with van der Waals surface area (Å²) in [6.45, 7) is 1.80. The lowest BCUT2D eigenvalue weighted by atomic mass is 10.1. The van der Waals surface area contributed by atoms with Crippen LogP contribution in [0.1, 0.15) is 18.1 Å². The van der Waals surface area contributed by atoms with E-state index in [1.54, 1.807) is 6.92 Å². The maximum Gasteiger partial charge on any atom is 0.416 e. The van der Waals surface area contributed by atoms with Crippen LogP contribution in [0.4, 0.5) is 13.2 Å². The number of alkyl halides is 4. The molecule has 0 bridgehead atoms. The number of benzene rings is 1. The van der Waals surface area contributed by atoms with Crippen molar-refractivity contribution >= 4 is 11.6 Å². The van der Waals surface area contributed by atoms with Crippen LogP contribution in [-0.4, -0.2) is 5.38 Å². The van der Waals surface area contributed by atoms with E-state index in [-0.39, 0.29) is 5.38 Å². The highest BCUT2D eigenvalue weighted by molar-refractivity contribution is 6.20. The molecular weight excluding hydrogens is 213 g/mol. The summed E-state index contributed by atoms with van der Waals surface area (Å²) in [7, 11) is 0. The lowest BCUT2D eigenvalue weighted by Gasteiger charge is -2.08. The van der Waals surface area contributed by atoms with Crippen LogP contribution in [0.5, 0.6) is 0 Å². The van der Waals surface area contributed by atoms with E-state index in [2.05, 4.69) is 0 Å². The van der Waals surface area contributed by atoms with Gasteiger partial charge in [0, 0.05) is 5.38 Å². The van der Waals surface area contributed by atoms with Crippen molar-refractivity contribution in [2.75, 3.05) is 0 Å². The van der Waals surface area contributed by atoms with Crippen LogP contribution in [0, 0.1) is 0 Å². The van der Waals surface area contributed by atoms with Gasteiger partial charge in [-0.25, -0.2) is 0 Å². The van der Waals surface area contributed by atoms with Crippen LogP contribution in [0.2, 0.25) is 0 Å². The van der Waals surface area contributed by atoms with E-state index in [4.69, 9.17) is 11.6 Å². The van der Waals surface area contributed by atoms with Gasteiger partial charge in [0.1, 0.15) is 0 Å². The van der Waals surface area contributed by atoms with Gasteiger partial charge >= 0.3 is 6.18 Å². The Balaban J connectivity index is 2.79. The summed E-state index contributed by atoms with van der Waals surface area (Å²) in [4.78, 5) is 0. The van der Waals surface area contributed by atoms with Gasteiger partial charge in [0.25, 0.3) is 0 Å². The molecule has 1 aromatic carbocycles. The van der Waals surface area contributed by atoms with Crippen molar-refractivity contribution in [2.45, 2.75) is 24.9 Å². The second kappa shape index (κ2) is 4.22. The van der Waals surface area contributed by atoms with Crippen LogP contribution in [-0.2, 0) is 12.6 Å². The van der Waals surface area contributed by atoms with Gasteiger partial charge in [0.2, 0.25) is 0 Å². The molecule has 1 aromatic rings. The molecule has 4 heteroatoms. The van der Waals surface area contributed by atoms with Gasteiger partial charge in [-0.05, 0) is 31.0 Å². The van der Waals surface area contributed by atoms with E-state index in [0.717, 1.165) is 17.7 Å². The second-order valence-corrected chi connectivity index (χ2v) is 3.92. The molecule has 0 aliphatic heterocycles. The van der Waals surface area contributed by atoms with Gasteiger partial charge < -0.3 is 0 Å². The highest BCUT2D eigenvalue weighted by Crippen LogP contribution is 2.29. The first kappa shape index (κ1) is 11.4. The number of hydrogen-bond donors (Lipinski definition) is 0. The molecule has 0 saturated carbocycles. The van der Waals surface area contributed by atoms with Gasteiger partial charge in [-0.2, -0.15) is 13.2 Å². The molecule has 1 atom stereocenters. The molecule has 14 heavy (non-hydrogen) atoms. The summed E-state index contributed by atoms with van der Waals surface area (Å²) < 4.78 is 36.5. The van der Waals surface area contributed by atoms with Gasteiger partial charge in [0.05, 0.1) is 5.56 Å². The minimum atomic E-state index is -4.26. The molecule has 0 aliphatic rings. The van der Waals surface area contributed by atoms with E-state index < -0.39 is 11.7 Å². The van der Waals surface area contributed by atoms with E-state index >= 15 is 0 Å². The third-order valence-electron chi connectivity index (χ3n) is 1.80. The largest absolute Gasteiger partial charge is 0.416 e. The maximum absolute atomic E-state index is 12.2. The number of rotatable bonds is 2. The van der Waals surface area contributed by atoms with Crippen molar-refractivity contribution in [1.82, 2.24) is 0 Å². The normalized spacial score (nSPS) is 14.1. The SMILES string of the molecule is CC(Cl)Cc1ccc(C(F)(F)F)cc1. The van der Waals surface area contributed by atoms with E-state index in [1.807, 2.05) is 0 Å². The fourth-order valence-electron chi connectivity index (χ4n) is 1.15. The molecule has 0 aliphatic carbocycles. The van der Waals surface area contributed by atoms with E-state index in [9.17, 15) is 13.2 Å². The van der Waals surface area contributed by atoms with E-state index in [0.29, 0.717) is 6.42 Å². The lowest BCUT2D eigenvalue weighted by Crippen LogP contribution is -2.05. The van der Waals surface area contributed by atoms with Crippen molar-refractivity contribution < 1.29 is 13.2 Å². The molecule has 0 spiro atoms. The average Bonchev–Trinajstić information content (AvgIpc) is 2.02. The Bertz CT molecular complexity index is 287. The Morgan fingerprint density at radius 1 is 1.21 bits per heavy atom. The van der Waals surface area contributed by atoms with Gasteiger partial charge in [-0.3, -0.25) is 0 Å². The third-order valence-corrected chi connectivity index (χ3v) is 1.95. The second-order valence-electron chi connectivity index (χ2n) is 3.18. The molecule has 0 aromatic heterocycles. The number of halogens is 4. The fourth-order valence-corrected chi connectivity index (χ4v) is 1.33. The summed E-state index contributed by atoms with van der Waals surface area (Å²) in [5.41, 5.74) is 0.198. The van der Waals surface area contributed by atoms with Gasteiger partial charge in [-0.15, -0.1) is 11.6 Å². The quantitative estimate of drug-likeness (QED) is 0.667. The average molecular weight is 223 g/mol. The third kappa shape index (κ3) is 3.22. The fraction of sp³-hybridized carbons (Fsp3) is 0.400. The standard InChI is InChI=1S/C10H10ClF3/c1-7(11)6-8-2-4-9(5-3-8)10(12,13)14/h2-5,7H,6H2,1H3. The maximum atomic E-state index is 12.2. The molecule has 1 unspecified atom stereocenters. The molecule has 0 nitrogen and oxygen atoms in total. The van der Waals surface area contributed by atoms with Crippen LogP contribution < -0.4 is 0 Å². The van der Waals surface area contributed by atoms with Crippen molar-refractivity contribution in [2.24, 2.45) is 0 Å². The Labute approximate surface area is 85.7 Å². The molecule has 1 rings (SSSR count). The molecule has 0 fully saturated rings. The minimum absolute atomic E-state index is 0.0632. The van der Waals surface area contributed by atoms with E-state index in [1.165, 1.54) is 12.1 Å². The predicted molar refractivity (Wildman–Crippen MR) is 50.5 cm³/mol. The van der Waals surface area contributed by atoms with Crippen LogP contribution in [0.3, 0.4) is 0 Å². The zero-order valence-corrected chi connectivity index (χ0v) is 8.36. The highest BCUT2D eigenvalue weighted by atomic mass is 35.5. The van der Waals surface area contributed by atoms with Crippen molar-refractivity contribution in [3.63, 3.8) is 0 Å². The predicted octanol–water partition coefficient (Wildman–Crippen LogP) is 3.88. The summed E-state index contributed by atoms with van der Waals surface area (Å²) in [5.74, 6) is 0. The molecule has 0 saturated heterocycles. The Morgan fingerprint density at radius 2 is 1.71 bits per heavy atom. The first-order valence-electron chi connectivity index (χ1n) is 4.20. The van der Waals surface area contributed by atoms with Gasteiger partial charge in [0.15, 0.2) is 0 Å². The summed E-state index contributed by atoms with van der Waals surface area (Å²) in [5, 5.41) is -0.0632. The molecule has 0 amide bonds. The van der Waals surface area contributed by atoms with Crippen LogP contribution in [0.15, 0.2) is 24.3 Å². The van der Waals surface area contributed by atoms with Crippen LogP contribution in [0.25, 0.3) is 0 Å². The van der Waals surface area contributed by atoms with Crippen molar-refractivity contribution in [3.8, 4) is 0 Å². The first-order valence-corrected chi connectivity index (χ1v) is 4.63. The Hall–Kier alpha value is -0.700. The van der Waals surface area contributed by atoms with Crippen LogP contribution >= 0.6 is 11.6 Å². The molecule has 0 radical (unpaired) electrons.